The van der Waals surface area contributed by atoms with E-state index in [2.05, 4.69) is 118 Å². The smallest absolute Gasteiger partial charge is 0.480 e. The summed E-state index contributed by atoms with van der Waals surface area (Å²) in [4.78, 5) is 50.5. The van der Waals surface area contributed by atoms with Crippen molar-refractivity contribution < 1.29 is 97.5 Å². The normalized spacial score (nSPS) is 15.5. The minimum absolute atomic E-state index is 0.0383. The number of benzene rings is 6. The molecule has 16 rings (SSSR count). The van der Waals surface area contributed by atoms with Crippen molar-refractivity contribution in [2.75, 3.05) is 12.4 Å². The number of halogens is 11. The molecule has 5 atom stereocenters. The minimum atomic E-state index is -3.25. The Morgan fingerprint density at radius 1 is 0.524 bits per heavy atom. The number of pyridine rings is 3. The van der Waals surface area contributed by atoms with Gasteiger partial charge in [-0.2, -0.15) is 29.2 Å². The number of aryl methyl sites for hydroxylation is 5. The van der Waals surface area contributed by atoms with Crippen molar-refractivity contribution in [1.82, 2.24) is 54.1 Å². The van der Waals surface area contributed by atoms with Crippen LogP contribution < -0.4 is 16.5 Å². The number of nitrogens with two attached hydrogens (primary N) is 1. The van der Waals surface area contributed by atoms with Gasteiger partial charge in [0.25, 0.3) is 12.3 Å². The van der Waals surface area contributed by atoms with E-state index in [1.807, 2.05) is 110 Å². The monoisotopic (exact) mass is 2090 g/mol. The highest BCUT2D eigenvalue weighted by Crippen LogP contribution is 2.68. The molecule has 6 aromatic carbocycles. The molecule has 13 aromatic rings. The van der Waals surface area contributed by atoms with Crippen LogP contribution in [-0.2, 0) is 98.9 Å². The van der Waals surface area contributed by atoms with Gasteiger partial charge in [0.15, 0.2) is 5.82 Å². The third kappa shape index (κ3) is 28.4. The average molecular weight is 2090 g/mol. The van der Waals surface area contributed by atoms with Gasteiger partial charge in [-0.15, -0.1) is 0 Å². The molecule has 0 amide bonds. The Bertz CT molecular complexity index is 7240. The van der Waals surface area contributed by atoms with Crippen LogP contribution in [0.1, 0.15) is 253 Å². The van der Waals surface area contributed by atoms with Gasteiger partial charge in [0, 0.05) is 118 Å². The summed E-state index contributed by atoms with van der Waals surface area (Å²) in [5.41, 5.74) is 12.6. The average Bonchev–Trinajstić information content (AvgIpc) is 1.51. The van der Waals surface area contributed by atoms with Gasteiger partial charge < -0.3 is 50.3 Å². The highest BCUT2D eigenvalue weighted by molar-refractivity contribution is 9.10. The fourth-order valence-electron chi connectivity index (χ4n) is 17.6. The molecule has 0 radical (unpaired) electrons. The van der Waals surface area contributed by atoms with Crippen molar-refractivity contribution in [2.45, 2.75) is 258 Å². The van der Waals surface area contributed by atoms with Crippen LogP contribution in [0.4, 0.5) is 49.7 Å². The molecule has 2 fully saturated rings. The first-order valence-corrected chi connectivity index (χ1v) is 48.7. The number of aliphatic carboxylic acids is 1. The summed E-state index contributed by atoms with van der Waals surface area (Å²) in [6.07, 6.45) is -0.908. The summed E-state index contributed by atoms with van der Waals surface area (Å²) in [5.74, 6) is 5.40. The Morgan fingerprint density at radius 2 is 0.912 bits per heavy atom. The molecule has 7 N–H and O–H groups in total. The lowest BCUT2D eigenvalue weighted by Crippen LogP contribution is -2.41. The van der Waals surface area contributed by atoms with Crippen molar-refractivity contribution in [2.24, 2.45) is 32.8 Å². The molecule has 1 saturated heterocycles. The van der Waals surface area contributed by atoms with E-state index in [-0.39, 0.29) is 62.4 Å². The number of nitrogens with zero attached hydrogens (tertiary/aromatic N) is 11. The Kier molecular flexibility index (Phi) is 34.4. The molecule has 8 heterocycles. The number of carboxylic acids is 1. The van der Waals surface area contributed by atoms with Crippen LogP contribution >= 0.6 is 15.9 Å². The lowest BCUT2D eigenvalue weighted by atomic mass is 9.78. The summed E-state index contributed by atoms with van der Waals surface area (Å²) in [6.45, 7) is 31.6. The predicted molar refractivity (Wildman–Crippen MR) is 547 cm³/mol. The van der Waals surface area contributed by atoms with Gasteiger partial charge in [-0.05, 0) is 284 Å². The number of aliphatic hydroxyl groups is 3. The number of hydrogen-bond acceptors (Lipinski definition) is 19. The second-order valence-electron chi connectivity index (χ2n) is 41.2. The molecule has 7 aromatic heterocycles. The van der Waals surface area contributed by atoms with Crippen LogP contribution in [0.25, 0.3) is 55.0 Å². The maximum atomic E-state index is 14.2. The van der Waals surface area contributed by atoms with Crippen molar-refractivity contribution in [3.8, 4) is 57.8 Å². The van der Waals surface area contributed by atoms with E-state index in [0.29, 0.717) is 60.0 Å². The summed E-state index contributed by atoms with van der Waals surface area (Å²) in [7, 11) is 7.23. The Morgan fingerprint density at radius 3 is 1.32 bits per heavy atom. The molecule has 24 nitrogen and oxygen atoms in total. The maximum absolute atomic E-state index is 14.2. The second-order valence-corrected chi connectivity index (χ2v) is 42.0. The number of ether oxygens (including phenoxy) is 2. The number of esters is 2. The number of carbonyl (C=O) groups is 3. The van der Waals surface area contributed by atoms with E-state index in [1.165, 1.54) is 36.4 Å². The molecule has 0 unspecified atom stereocenters. The van der Waals surface area contributed by atoms with Gasteiger partial charge in [0.05, 0.1) is 75.1 Å². The first-order valence-electron chi connectivity index (χ1n) is 47.9. The van der Waals surface area contributed by atoms with Crippen LogP contribution in [0.2, 0.25) is 0 Å². The Labute approximate surface area is 856 Å². The summed E-state index contributed by atoms with van der Waals surface area (Å²) in [5, 5.41) is 62.1. The number of para-hydroxylation sites is 3. The van der Waals surface area contributed by atoms with Gasteiger partial charge in [-0.25, -0.2) is 50.1 Å². The number of anilines is 1. The lowest BCUT2D eigenvalue weighted by Gasteiger charge is -2.32. The topological polar surface area (TPSA) is 317 Å². The third-order valence-corrected chi connectivity index (χ3v) is 25.1. The summed E-state index contributed by atoms with van der Waals surface area (Å²) < 4.78 is 167. The summed E-state index contributed by atoms with van der Waals surface area (Å²) in [6, 6.07) is 38.1. The van der Waals surface area contributed by atoms with Crippen LogP contribution in [0, 0.1) is 76.3 Å². The zero-order valence-electron chi connectivity index (χ0n) is 86.1. The van der Waals surface area contributed by atoms with Crippen LogP contribution in [0.5, 0.6) is 0 Å². The standard InChI is InChI=1S/C34H37F2N3O3.C28H28F2N4O.C24H26BrF2NO3.C15H22BN3O2.C10H8F4N2O2/c1-8-29-28-11-9-10-27(32(28)39(7)38-29)26-13-12-25(14-15-34(5,6)41)37-31(26)22(19-30(40)42-33(2,3)4)16-21-17-23(35)20-24(36)18-21;1-5-25-23-8-6-7-22(27(23)34(4)33-25)21-10-9-20(11-12-28(2,3)35)32-26(21)24(31)15-17-13-18(29)16-19(30)14-17;1-23(2,3)31-21(29)13-16(10-15-11-17(26)14-18(27)12-15)22-20(25)7-6-19(28-22)8-9-24(4,5)30;1-14(2)15(3,4)21-16(20-14)11-9-7-8-10-12(11)19(6)18-13(10)17-5;11-9(12)7-6-3-1-4(3)10(13,14)8(6)16(15-7)2-5(17)18/h9-13,17-18,20,22,41H,8,16,19H2,1-7H3;6-10,13-14,16,24,35H,5,15,31H2,1-4H3;6-7,11-12,14,16,30H,10,13H2,1-5H3;7-9H,1-6H3,(H,17,18);3-4,9H,1-2H2,(H,17,18)/t22-;24-;16-;;3-,4+/m101.0/s1. The van der Waals surface area contributed by atoms with Crippen molar-refractivity contribution >= 4 is 84.9 Å². The highest BCUT2D eigenvalue weighted by atomic mass is 79.9. The number of nitrogens with one attached hydrogen (secondary N) is 1. The molecule has 36 heteroatoms. The molecule has 3 aliphatic rings. The van der Waals surface area contributed by atoms with Crippen LogP contribution in [0.3, 0.4) is 0 Å². The van der Waals surface area contributed by atoms with Crippen molar-refractivity contribution in [3.63, 3.8) is 0 Å². The molecular formula is C111H121BBrF10N13O11. The maximum Gasteiger partial charge on any atom is 0.497 e. The highest BCUT2D eigenvalue weighted by Gasteiger charge is 2.67. The van der Waals surface area contributed by atoms with E-state index in [0.717, 1.165) is 109 Å². The number of carboxylic acid groups (broad SMARTS) is 1. The quantitative estimate of drug-likeness (QED) is 0.0159. The number of aromatic nitrogens is 11. The minimum Gasteiger partial charge on any atom is -0.480 e. The van der Waals surface area contributed by atoms with Crippen molar-refractivity contribution in [1.29, 1.82) is 0 Å². The Balaban J connectivity index is 0.000000168. The number of fused-ring (bicyclic) bond motifs is 6. The number of carbonyl (C=O) groups excluding carboxylic acids is 2. The van der Waals surface area contributed by atoms with E-state index >= 15 is 0 Å². The fourth-order valence-corrected chi connectivity index (χ4v) is 18.1. The van der Waals surface area contributed by atoms with Crippen LogP contribution in [0.15, 0.2) is 150 Å². The van der Waals surface area contributed by atoms with Crippen molar-refractivity contribution in [3.05, 3.63) is 264 Å². The molecular weight excluding hydrogens is 1970 g/mol. The zero-order chi connectivity index (χ0) is 108. The van der Waals surface area contributed by atoms with Gasteiger partial charge in [-0.3, -0.25) is 33.1 Å². The third-order valence-electron chi connectivity index (χ3n) is 24.4. The predicted octanol–water partition coefficient (Wildman–Crippen LogP) is 20.8. The van der Waals surface area contributed by atoms with Gasteiger partial charge in [-0.1, -0.05) is 80.1 Å². The number of alkyl halides is 4. The molecule has 1 aliphatic heterocycles. The first kappa shape index (κ1) is 113. The van der Waals surface area contributed by atoms with E-state index in [1.54, 1.807) is 107 Å². The largest absolute Gasteiger partial charge is 0.497 e. The fraction of sp³-hybridized carbons (Fsp3) is 0.405. The number of rotatable bonds is 22. The van der Waals surface area contributed by atoms with E-state index in [4.69, 9.17) is 44.7 Å². The molecule has 147 heavy (non-hydrogen) atoms. The van der Waals surface area contributed by atoms with Gasteiger partial charge >= 0.3 is 25.0 Å². The number of hydrogen-bond donors (Lipinski definition) is 6. The summed E-state index contributed by atoms with van der Waals surface area (Å²) >= 11 is 3.45. The van der Waals surface area contributed by atoms with E-state index < -0.39 is 141 Å². The Hall–Kier alpha value is -13.1. The molecule has 776 valence electrons. The van der Waals surface area contributed by atoms with E-state index in [9.17, 15) is 73.6 Å². The molecule has 1 saturated carbocycles. The molecule has 2 aliphatic carbocycles. The first-order chi connectivity index (χ1) is 68.5. The van der Waals surface area contributed by atoms with Gasteiger partial charge in [0.1, 0.15) is 97.9 Å². The van der Waals surface area contributed by atoms with Crippen LogP contribution in [-0.4, -0.2) is 146 Å². The SMILES string of the molecule is CC(C)(O)C#Cc1ccc(Br)c([C@@H](CC(=O)OC(C)(C)C)Cc2cc(F)cc(F)c2)n1.CCc1nn(C)c2c(-c3ccc(C#CC(C)(C)O)nc3[C@@H](CC(=O)OC(C)(C)C)Cc3cc(F)cc(F)c3)cccc12.CCc1nn(C)c2c(-c3ccc(C#CC(C)(C)O)nc3[C@@H](N)Cc3cc(F)cc(F)c3)cccc12.CNc1nn(C)c2c(B3OC(C)(C)C(C)(C)O3)cccc12.O=C(O)Cn1nc(C(F)F)c2c1C(F)(F)[C@@H]1C[C@H]21. The molecule has 0 spiro atoms. The zero-order valence-corrected chi connectivity index (χ0v) is 87.6. The second kappa shape index (κ2) is 44.9. The van der Waals surface area contributed by atoms with Gasteiger partial charge in [0.2, 0.25) is 0 Å². The molecule has 0 bridgehead atoms. The lowest BCUT2D eigenvalue weighted by molar-refractivity contribution is -0.156.